The summed E-state index contributed by atoms with van der Waals surface area (Å²) in [6.07, 6.45) is -2.60. The van der Waals surface area contributed by atoms with Gasteiger partial charge in [-0.15, -0.1) is 0 Å². The number of benzene rings is 4. The minimum Gasteiger partial charge on any atom is -0.477 e. The first-order valence-electron chi connectivity index (χ1n) is 17.2. The highest BCUT2D eigenvalue weighted by atomic mass is 35.5. The van der Waals surface area contributed by atoms with Crippen LogP contribution in [0.2, 0.25) is 5.02 Å². The Labute approximate surface area is 327 Å². The summed E-state index contributed by atoms with van der Waals surface area (Å²) in [6.45, 7) is -2.38. The summed E-state index contributed by atoms with van der Waals surface area (Å²) in [6, 6.07) is 28.5. The lowest BCUT2D eigenvalue weighted by atomic mass is 10.0. The number of carboxylic acid groups (broad SMARTS) is 1. The van der Waals surface area contributed by atoms with Gasteiger partial charge in [0.1, 0.15) is 5.71 Å². The van der Waals surface area contributed by atoms with E-state index in [-0.39, 0.29) is 23.1 Å². The minimum absolute atomic E-state index is 0.0510. The highest BCUT2D eigenvalue weighted by Crippen LogP contribution is 2.48. The third-order valence-electron chi connectivity index (χ3n) is 8.43. The van der Waals surface area contributed by atoms with Crippen LogP contribution in [0.25, 0.3) is 0 Å². The van der Waals surface area contributed by atoms with Crippen molar-refractivity contribution in [1.82, 2.24) is 20.3 Å². The number of ether oxygens (including phenoxy) is 1. The van der Waals surface area contributed by atoms with Crippen molar-refractivity contribution in [2.24, 2.45) is 4.99 Å². The molecule has 1 saturated carbocycles. The fraction of sp³-hybridized carbons (Fsp3) is 0.179. The molecule has 1 heterocycles. The van der Waals surface area contributed by atoms with Crippen LogP contribution in [-0.2, 0) is 26.3 Å². The molecular weight excluding hydrogens is 769 g/mol. The average molecular weight is 801 g/mol. The predicted molar refractivity (Wildman–Crippen MR) is 204 cm³/mol. The lowest BCUT2D eigenvalue weighted by Crippen LogP contribution is -2.40. The molecule has 1 aliphatic carbocycles. The normalized spacial score (nSPS) is 13.2. The van der Waals surface area contributed by atoms with E-state index >= 15 is 0 Å². The Morgan fingerprint density at radius 3 is 2.05 bits per heavy atom. The lowest BCUT2D eigenvalue weighted by molar-refractivity contribution is -0.154. The third kappa shape index (κ3) is 11.3. The number of amides is 3. The number of carboxylic acids is 1. The number of aliphatic imine (C=N–C) groups is 1. The number of carbonyl (C=O) groups excluding carboxylic acids is 3. The highest BCUT2D eigenvalue weighted by Gasteiger charge is 2.45. The number of nitrogens with one attached hydrogen (secondary N) is 4. The molecule has 5 aromatic rings. The van der Waals surface area contributed by atoms with Gasteiger partial charge in [-0.1, -0.05) is 66.2 Å². The minimum atomic E-state index is -4.66. The van der Waals surface area contributed by atoms with Crippen LogP contribution in [0.15, 0.2) is 108 Å². The fourth-order valence-corrected chi connectivity index (χ4v) is 5.54. The van der Waals surface area contributed by atoms with Gasteiger partial charge in [0.2, 0.25) is 11.9 Å². The zero-order chi connectivity index (χ0) is 40.6. The molecule has 5 N–H and O–H groups in total. The Balaban J connectivity index is 1.07. The van der Waals surface area contributed by atoms with Gasteiger partial charge in [0.05, 0.1) is 12.1 Å². The van der Waals surface area contributed by atoms with Crippen LogP contribution in [0.4, 0.5) is 36.4 Å². The summed E-state index contributed by atoms with van der Waals surface area (Å²) in [5.41, 5.74) is 2.22. The van der Waals surface area contributed by atoms with Crippen LogP contribution in [0, 0.1) is 0 Å². The van der Waals surface area contributed by atoms with Crippen molar-refractivity contribution in [2.75, 3.05) is 29.1 Å². The average Bonchev–Trinajstić information content (AvgIpc) is 3.96. The van der Waals surface area contributed by atoms with Crippen LogP contribution in [-0.4, -0.2) is 68.8 Å². The molecule has 14 nitrogen and oxygen atoms in total. The zero-order valence-electron chi connectivity index (χ0n) is 29.6. The monoisotopic (exact) mass is 800 g/mol. The lowest BCUT2D eigenvalue weighted by Gasteiger charge is -2.19. The van der Waals surface area contributed by atoms with E-state index in [1.165, 1.54) is 24.3 Å². The number of anilines is 4. The Kier molecular flexibility index (Phi) is 12.1. The van der Waals surface area contributed by atoms with Gasteiger partial charge < -0.3 is 31.1 Å². The van der Waals surface area contributed by atoms with Gasteiger partial charge in [-0.05, 0) is 84.5 Å². The van der Waals surface area contributed by atoms with Gasteiger partial charge in [0.25, 0.3) is 5.91 Å². The van der Waals surface area contributed by atoms with Crippen LogP contribution in [0.5, 0.6) is 6.01 Å². The topological polar surface area (TPSA) is 197 Å². The molecule has 0 unspecified atom stereocenters. The highest BCUT2D eigenvalue weighted by molar-refractivity contribution is 6.42. The van der Waals surface area contributed by atoms with Crippen molar-refractivity contribution in [3.05, 3.63) is 130 Å². The van der Waals surface area contributed by atoms with Crippen LogP contribution < -0.4 is 26.0 Å². The van der Waals surface area contributed by atoms with Crippen molar-refractivity contribution >= 4 is 64.3 Å². The van der Waals surface area contributed by atoms with Crippen molar-refractivity contribution in [3.63, 3.8) is 0 Å². The molecule has 0 spiro atoms. The second-order valence-electron chi connectivity index (χ2n) is 12.8. The van der Waals surface area contributed by atoms with E-state index in [1.54, 1.807) is 36.4 Å². The van der Waals surface area contributed by atoms with E-state index in [0.717, 1.165) is 16.7 Å². The van der Waals surface area contributed by atoms with E-state index < -0.39 is 60.3 Å². The van der Waals surface area contributed by atoms with Crippen LogP contribution in [0.3, 0.4) is 0 Å². The van der Waals surface area contributed by atoms with Crippen LogP contribution in [0.1, 0.15) is 39.9 Å². The molecule has 3 amide bonds. The molecule has 0 bridgehead atoms. The first-order chi connectivity index (χ1) is 27.2. The number of hydrogen-bond donors (Lipinski definition) is 5. The molecule has 0 aliphatic heterocycles. The van der Waals surface area contributed by atoms with Gasteiger partial charge in [-0.2, -0.15) is 28.1 Å². The maximum absolute atomic E-state index is 13.0. The van der Waals surface area contributed by atoms with Gasteiger partial charge in [-0.25, -0.2) is 9.79 Å². The SMILES string of the molecule is O=C(NC/C(=N/C(=O)c1ccc(Nc2nc(NC3(c4ccc(Cl)cc4)CC3)nc(OCC(F)(F)F)n2)cc1)C(=O)O)C(=O)Nc1ccc(Cc2ccccc2)cc1. The van der Waals surface area contributed by atoms with Crippen molar-refractivity contribution < 1.29 is 42.2 Å². The van der Waals surface area contributed by atoms with E-state index in [4.69, 9.17) is 16.3 Å². The molecule has 1 aromatic heterocycles. The smallest absolute Gasteiger partial charge is 0.422 e. The molecule has 1 fully saturated rings. The summed E-state index contributed by atoms with van der Waals surface area (Å²) < 4.78 is 43.7. The second kappa shape index (κ2) is 17.3. The molecule has 57 heavy (non-hydrogen) atoms. The molecule has 0 atom stereocenters. The van der Waals surface area contributed by atoms with Gasteiger partial charge in [0, 0.05) is 22.0 Å². The van der Waals surface area contributed by atoms with Gasteiger partial charge in [-0.3, -0.25) is 14.4 Å². The fourth-order valence-electron chi connectivity index (χ4n) is 5.42. The third-order valence-corrected chi connectivity index (χ3v) is 8.69. The maximum Gasteiger partial charge on any atom is 0.422 e. The molecule has 0 radical (unpaired) electrons. The summed E-state index contributed by atoms with van der Waals surface area (Å²) in [5.74, 6) is -5.03. The standard InChI is InChI=1S/C39H32ClF3N8O6/c40-27-12-10-26(11-13-27)38(18-19-38)51-36-48-35(49-37(50-36)57-22-39(41,42)43)46-29-16-8-25(9-17-29)31(52)47-30(34(55)56)21-44-32(53)33(54)45-28-14-6-24(7-15-28)20-23-4-2-1-3-5-23/h1-17H,18-22H2,(H,44,53)(H,45,54)(H,55,56)(H2,46,48,49,50,51)/b47-30-. The van der Waals surface area contributed by atoms with Crippen molar-refractivity contribution in [2.45, 2.75) is 31.0 Å². The van der Waals surface area contributed by atoms with Crippen molar-refractivity contribution in [1.29, 1.82) is 0 Å². The predicted octanol–water partition coefficient (Wildman–Crippen LogP) is 6.32. The molecule has 4 aromatic carbocycles. The molecule has 18 heteroatoms. The first-order valence-corrected chi connectivity index (χ1v) is 17.6. The van der Waals surface area contributed by atoms with Crippen LogP contribution >= 0.6 is 11.6 Å². The largest absolute Gasteiger partial charge is 0.477 e. The number of nitrogens with zero attached hydrogens (tertiary/aromatic N) is 4. The Bertz CT molecular complexity index is 2290. The van der Waals surface area contributed by atoms with Gasteiger partial charge in [0.15, 0.2) is 6.61 Å². The number of carbonyl (C=O) groups is 4. The molecule has 1 aliphatic rings. The molecular formula is C39H32ClF3N8O6. The molecule has 0 saturated heterocycles. The Hall–Kier alpha value is -6.88. The quantitative estimate of drug-likeness (QED) is 0.0623. The van der Waals surface area contributed by atoms with Gasteiger partial charge >= 0.3 is 30.0 Å². The van der Waals surface area contributed by atoms with E-state index in [2.05, 4.69) is 41.2 Å². The van der Waals surface area contributed by atoms with E-state index in [9.17, 15) is 37.5 Å². The number of halogens is 4. The summed E-state index contributed by atoms with van der Waals surface area (Å²) in [5, 5.41) is 20.7. The number of alkyl halides is 3. The molecule has 6 rings (SSSR count). The summed E-state index contributed by atoms with van der Waals surface area (Å²) in [7, 11) is 0. The maximum atomic E-state index is 13.0. The van der Waals surface area contributed by atoms with Crippen molar-refractivity contribution in [3.8, 4) is 6.01 Å². The number of aliphatic carboxylic acids is 1. The zero-order valence-corrected chi connectivity index (χ0v) is 30.4. The first kappa shape index (κ1) is 39.8. The van der Waals surface area contributed by atoms with E-state index in [0.29, 0.717) is 30.0 Å². The Morgan fingerprint density at radius 2 is 1.42 bits per heavy atom. The number of hydrogen-bond acceptors (Lipinski definition) is 10. The Morgan fingerprint density at radius 1 is 0.789 bits per heavy atom. The summed E-state index contributed by atoms with van der Waals surface area (Å²) in [4.78, 5) is 65.5. The van der Waals surface area contributed by atoms with E-state index in [1.807, 2.05) is 42.5 Å². The molecule has 292 valence electrons. The second-order valence-corrected chi connectivity index (χ2v) is 13.2. The number of aromatic nitrogens is 3. The summed E-state index contributed by atoms with van der Waals surface area (Å²) >= 11 is 6.02. The number of rotatable bonds is 14.